The van der Waals surface area contributed by atoms with E-state index >= 15 is 0 Å². The fraction of sp³-hybridized carbons (Fsp3) is 0.250. The molecule has 1 unspecified atom stereocenters. The van der Waals surface area contributed by atoms with Crippen LogP contribution in [0.1, 0.15) is 11.7 Å². The molecule has 0 saturated heterocycles. The van der Waals surface area contributed by atoms with Gasteiger partial charge in [0, 0.05) is 5.56 Å². The number of phenols is 1. The summed E-state index contributed by atoms with van der Waals surface area (Å²) >= 11 is 0. The van der Waals surface area contributed by atoms with Crippen molar-refractivity contribution in [3.8, 4) is 5.75 Å². The van der Waals surface area contributed by atoms with Gasteiger partial charge in [-0.3, -0.25) is 0 Å². The molecule has 6 heteroatoms. The number of hydrogen-bond donors (Lipinski definition) is 2. The molecule has 0 aromatic heterocycles. The van der Waals surface area contributed by atoms with Crippen molar-refractivity contribution in [3.63, 3.8) is 0 Å². The Morgan fingerprint density at radius 3 is 2.29 bits per heavy atom. The molecular weight excluding hydrogens is 204 g/mol. The number of halogens is 4. The van der Waals surface area contributed by atoms with Gasteiger partial charge in [-0.15, -0.1) is 0 Å². The minimum Gasteiger partial charge on any atom is -0.508 e. The first-order valence-corrected chi connectivity index (χ1v) is 3.55. The van der Waals surface area contributed by atoms with Gasteiger partial charge in [0.05, 0.1) is 0 Å². The van der Waals surface area contributed by atoms with Crippen molar-refractivity contribution >= 4 is 0 Å². The second-order valence-electron chi connectivity index (χ2n) is 2.65. The van der Waals surface area contributed by atoms with E-state index in [4.69, 9.17) is 10.2 Å². The molecule has 2 N–H and O–H groups in total. The van der Waals surface area contributed by atoms with Gasteiger partial charge in [0.2, 0.25) is 0 Å². The van der Waals surface area contributed by atoms with Crippen LogP contribution < -0.4 is 0 Å². The van der Waals surface area contributed by atoms with Gasteiger partial charge in [0.1, 0.15) is 11.6 Å². The van der Waals surface area contributed by atoms with E-state index in [-0.39, 0.29) is 0 Å². The van der Waals surface area contributed by atoms with Crippen LogP contribution in [0.5, 0.6) is 5.75 Å². The molecule has 0 bridgehead atoms. The van der Waals surface area contributed by atoms with Crippen LogP contribution >= 0.6 is 0 Å². The summed E-state index contributed by atoms with van der Waals surface area (Å²) in [5.41, 5.74) is -0.891. The van der Waals surface area contributed by atoms with Crippen molar-refractivity contribution < 1.29 is 27.8 Å². The van der Waals surface area contributed by atoms with Crippen molar-refractivity contribution in [2.75, 3.05) is 0 Å². The molecule has 0 spiro atoms. The smallest absolute Gasteiger partial charge is 0.418 e. The lowest BCUT2D eigenvalue weighted by molar-refractivity contribution is -0.207. The predicted molar refractivity (Wildman–Crippen MR) is 39.1 cm³/mol. The van der Waals surface area contributed by atoms with E-state index in [1.165, 1.54) is 0 Å². The van der Waals surface area contributed by atoms with Gasteiger partial charge in [-0.2, -0.15) is 13.2 Å². The lowest BCUT2D eigenvalue weighted by Gasteiger charge is -2.15. The predicted octanol–water partition coefficient (Wildman–Crippen LogP) is 2.13. The van der Waals surface area contributed by atoms with Crippen molar-refractivity contribution in [2.24, 2.45) is 0 Å². The van der Waals surface area contributed by atoms with Gasteiger partial charge in [-0.25, -0.2) is 4.39 Å². The Morgan fingerprint density at radius 1 is 1.21 bits per heavy atom. The molecule has 1 atom stereocenters. The molecule has 0 amide bonds. The molecule has 1 rings (SSSR count). The van der Waals surface area contributed by atoms with Crippen molar-refractivity contribution in [3.05, 3.63) is 29.6 Å². The summed E-state index contributed by atoms with van der Waals surface area (Å²) in [6, 6.07) is 1.98. The molecule has 1 aromatic rings. The van der Waals surface area contributed by atoms with E-state index < -0.39 is 29.4 Å². The average Bonchev–Trinajstić information content (AvgIpc) is 2.06. The molecule has 0 saturated carbocycles. The number of aromatic hydroxyl groups is 1. The molecule has 0 aliphatic heterocycles. The lowest BCUT2D eigenvalue weighted by Crippen LogP contribution is -2.20. The molecule has 0 aliphatic rings. The molecule has 0 aliphatic carbocycles. The first-order valence-electron chi connectivity index (χ1n) is 3.55. The number of benzene rings is 1. The molecular formula is C8H6F4O2. The van der Waals surface area contributed by atoms with E-state index in [1.54, 1.807) is 0 Å². The standard InChI is InChI=1S/C8H6F4O2/c9-4-1-2-6(13)5(3-4)7(14)8(10,11)12/h1-3,7,13-14H. The van der Waals surface area contributed by atoms with E-state index in [0.29, 0.717) is 6.07 Å². The summed E-state index contributed by atoms with van der Waals surface area (Å²) in [7, 11) is 0. The highest BCUT2D eigenvalue weighted by Crippen LogP contribution is 2.36. The van der Waals surface area contributed by atoms with Crippen LogP contribution in [-0.2, 0) is 0 Å². The topological polar surface area (TPSA) is 40.5 Å². The molecule has 0 radical (unpaired) electrons. The Morgan fingerprint density at radius 2 is 1.79 bits per heavy atom. The molecule has 78 valence electrons. The van der Waals surface area contributed by atoms with E-state index in [0.717, 1.165) is 12.1 Å². The number of hydrogen-bond acceptors (Lipinski definition) is 2. The van der Waals surface area contributed by atoms with Crippen LogP contribution in [0.2, 0.25) is 0 Å². The second kappa shape index (κ2) is 3.45. The normalized spacial score (nSPS) is 14.1. The van der Waals surface area contributed by atoms with Gasteiger partial charge in [-0.05, 0) is 18.2 Å². The maximum Gasteiger partial charge on any atom is 0.418 e. The van der Waals surface area contributed by atoms with Crippen molar-refractivity contribution in [1.29, 1.82) is 0 Å². The minimum atomic E-state index is -4.93. The molecule has 0 heterocycles. The Balaban J connectivity index is 3.12. The summed E-state index contributed by atoms with van der Waals surface area (Å²) in [5, 5.41) is 17.7. The van der Waals surface area contributed by atoms with Crippen LogP contribution in [-0.4, -0.2) is 16.4 Å². The Hall–Kier alpha value is -1.30. The summed E-state index contributed by atoms with van der Waals surface area (Å²) in [6.07, 6.45) is -7.80. The SMILES string of the molecule is Oc1ccc(F)cc1C(O)C(F)(F)F. The molecule has 2 nitrogen and oxygen atoms in total. The zero-order chi connectivity index (χ0) is 10.9. The lowest BCUT2D eigenvalue weighted by atomic mass is 10.1. The minimum absolute atomic E-state index is 0.438. The highest BCUT2D eigenvalue weighted by molar-refractivity contribution is 5.34. The van der Waals surface area contributed by atoms with Crippen LogP contribution in [0.3, 0.4) is 0 Å². The van der Waals surface area contributed by atoms with Crippen molar-refractivity contribution in [2.45, 2.75) is 12.3 Å². The number of phenolic OH excluding ortho intramolecular Hbond substituents is 1. The third-order valence-corrected chi connectivity index (χ3v) is 1.59. The van der Waals surface area contributed by atoms with Crippen LogP contribution in [0.4, 0.5) is 17.6 Å². The Kier molecular flexibility index (Phi) is 2.66. The zero-order valence-electron chi connectivity index (χ0n) is 6.72. The number of alkyl halides is 3. The van der Waals surface area contributed by atoms with Crippen LogP contribution in [0.25, 0.3) is 0 Å². The summed E-state index contributed by atoms with van der Waals surface area (Å²) in [4.78, 5) is 0. The zero-order valence-corrected chi connectivity index (χ0v) is 6.72. The summed E-state index contributed by atoms with van der Waals surface area (Å²) in [6.45, 7) is 0. The Labute approximate surface area is 76.4 Å². The quantitative estimate of drug-likeness (QED) is 0.697. The van der Waals surface area contributed by atoms with Crippen LogP contribution in [0, 0.1) is 5.82 Å². The highest BCUT2D eigenvalue weighted by atomic mass is 19.4. The average molecular weight is 210 g/mol. The third kappa shape index (κ3) is 2.14. The fourth-order valence-electron chi connectivity index (χ4n) is 0.921. The largest absolute Gasteiger partial charge is 0.508 e. The second-order valence-corrected chi connectivity index (χ2v) is 2.65. The first kappa shape index (κ1) is 10.8. The number of aliphatic hydroxyl groups is 1. The molecule has 1 aromatic carbocycles. The Bertz CT molecular complexity index is 335. The summed E-state index contributed by atoms with van der Waals surface area (Å²) in [5.74, 6) is -1.75. The first-order chi connectivity index (χ1) is 6.32. The van der Waals surface area contributed by atoms with E-state index in [9.17, 15) is 17.6 Å². The number of aliphatic hydroxyl groups excluding tert-OH is 1. The fourth-order valence-corrected chi connectivity index (χ4v) is 0.921. The molecule has 0 fully saturated rings. The highest BCUT2D eigenvalue weighted by Gasteiger charge is 2.40. The van der Waals surface area contributed by atoms with Gasteiger partial charge in [-0.1, -0.05) is 0 Å². The third-order valence-electron chi connectivity index (χ3n) is 1.59. The monoisotopic (exact) mass is 210 g/mol. The van der Waals surface area contributed by atoms with Gasteiger partial charge >= 0.3 is 6.18 Å². The molecule has 14 heavy (non-hydrogen) atoms. The van der Waals surface area contributed by atoms with Gasteiger partial charge < -0.3 is 10.2 Å². The van der Waals surface area contributed by atoms with Gasteiger partial charge in [0.15, 0.2) is 6.10 Å². The summed E-state index contributed by atoms with van der Waals surface area (Å²) < 4.78 is 48.4. The van der Waals surface area contributed by atoms with Crippen LogP contribution in [0.15, 0.2) is 18.2 Å². The van der Waals surface area contributed by atoms with Gasteiger partial charge in [0.25, 0.3) is 0 Å². The maximum atomic E-state index is 12.5. The number of rotatable bonds is 1. The maximum absolute atomic E-state index is 12.5. The van der Waals surface area contributed by atoms with E-state index in [1.807, 2.05) is 0 Å². The van der Waals surface area contributed by atoms with Crippen molar-refractivity contribution in [1.82, 2.24) is 0 Å². The van der Waals surface area contributed by atoms with E-state index in [2.05, 4.69) is 0 Å².